The number of hydrogen-bond acceptors (Lipinski definition) is 5. The molecule has 29 heavy (non-hydrogen) atoms. The average Bonchev–Trinajstić information content (AvgIpc) is 3.10. The van der Waals surface area contributed by atoms with Gasteiger partial charge in [-0.15, -0.1) is 0 Å². The zero-order valence-electron chi connectivity index (χ0n) is 16.7. The fourth-order valence-corrected chi connectivity index (χ4v) is 3.86. The van der Waals surface area contributed by atoms with E-state index in [1.807, 2.05) is 26.8 Å². The maximum atomic E-state index is 13.5. The van der Waals surface area contributed by atoms with E-state index in [0.717, 1.165) is 10.9 Å². The van der Waals surface area contributed by atoms with Crippen molar-refractivity contribution in [1.29, 1.82) is 5.26 Å². The third-order valence-corrected chi connectivity index (χ3v) is 5.11. The fraction of sp³-hybridized carbons (Fsp3) is 0.292. The van der Waals surface area contributed by atoms with Crippen LogP contribution in [0, 0.1) is 18.3 Å². The maximum absolute atomic E-state index is 13.5. The summed E-state index contributed by atoms with van der Waals surface area (Å²) in [6, 6.07) is 10.9. The molecule has 5 heteroatoms. The van der Waals surface area contributed by atoms with Crippen LogP contribution < -0.4 is 4.74 Å². The molecule has 1 aliphatic rings. The normalized spacial score (nSPS) is 12.8. The van der Waals surface area contributed by atoms with Gasteiger partial charge < -0.3 is 9.15 Å². The molecule has 0 radical (unpaired) electrons. The van der Waals surface area contributed by atoms with E-state index in [0.29, 0.717) is 58.6 Å². The molecule has 0 amide bonds. The van der Waals surface area contributed by atoms with Gasteiger partial charge >= 0.3 is 0 Å². The largest absolute Gasteiger partial charge is 0.490 e. The summed E-state index contributed by atoms with van der Waals surface area (Å²) < 4.78 is 11.8. The minimum Gasteiger partial charge on any atom is -0.490 e. The lowest BCUT2D eigenvalue weighted by Gasteiger charge is -2.22. The van der Waals surface area contributed by atoms with Crippen LogP contribution in [-0.4, -0.2) is 17.7 Å². The molecular formula is C24H21NO4. The van der Waals surface area contributed by atoms with Gasteiger partial charge in [0.05, 0.1) is 23.3 Å². The Kier molecular flexibility index (Phi) is 4.71. The Hall–Kier alpha value is -3.39. The Bertz CT molecular complexity index is 1190. The van der Waals surface area contributed by atoms with Gasteiger partial charge in [-0.3, -0.25) is 9.59 Å². The Labute approximate surface area is 168 Å². The number of fused-ring (bicyclic) bond motifs is 4. The summed E-state index contributed by atoms with van der Waals surface area (Å²) >= 11 is 0. The van der Waals surface area contributed by atoms with Crippen molar-refractivity contribution in [3.63, 3.8) is 0 Å². The molecule has 0 aliphatic heterocycles. The van der Waals surface area contributed by atoms with Gasteiger partial charge in [0.25, 0.3) is 0 Å². The highest BCUT2D eigenvalue weighted by atomic mass is 16.5. The lowest BCUT2D eigenvalue weighted by Crippen LogP contribution is -2.23. The molecular weight excluding hydrogens is 366 g/mol. The van der Waals surface area contributed by atoms with Crippen LogP contribution in [0.1, 0.15) is 69.9 Å². The highest BCUT2D eigenvalue weighted by molar-refractivity contribution is 6.32. The van der Waals surface area contributed by atoms with Crippen molar-refractivity contribution in [2.75, 3.05) is 0 Å². The first-order chi connectivity index (χ1) is 13.9. The molecule has 0 bridgehead atoms. The summed E-state index contributed by atoms with van der Waals surface area (Å²) in [5.41, 5.74) is 2.65. The number of hydrogen-bond donors (Lipinski definition) is 0. The first-order valence-corrected chi connectivity index (χ1v) is 9.74. The standard InChI is InChI=1S/C24H21NO4/c1-13(2)28-19-9-6-8-16-20(19)23(27)21-18(22(16)26)11-14(3)17-12-15(29-24(17)21)7-4-5-10-25/h6,8-9,11-13H,4-5,7H2,1-3H3. The number of aryl methyl sites for hydroxylation is 2. The molecule has 1 aliphatic carbocycles. The van der Waals surface area contributed by atoms with E-state index in [4.69, 9.17) is 14.4 Å². The smallest absolute Gasteiger partial charge is 0.202 e. The van der Waals surface area contributed by atoms with Gasteiger partial charge in [0.2, 0.25) is 5.78 Å². The Morgan fingerprint density at radius 3 is 2.62 bits per heavy atom. The first kappa shape index (κ1) is 18.9. The molecule has 5 nitrogen and oxygen atoms in total. The zero-order valence-corrected chi connectivity index (χ0v) is 16.7. The quantitative estimate of drug-likeness (QED) is 0.442. The van der Waals surface area contributed by atoms with E-state index in [9.17, 15) is 9.59 Å². The Morgan fingerprint density at radius 1 is 1.10 bits per heavy atom. The monoisotopic (exact) mass is 387 g/mol. The van der Waals surface area contributed by atoms with Gasteiger partial charge in [0, 0.05) is 29.4 Å². The number of unbranched alkanes of at least 4 members (excludes halogenated alkanes) is 1. The summed E-state index contributed by atoms with van der Waals surface area (Å²) in [6.45, 7) is 5.66. The molecule has 0 spiro atoms. The second-order valence-electron chi connectivity index (χ2n) is 7.59. The molecule has 0 fully saturated rings. The molecule has 4 rings (SSSR count). The van der Waals surface area contributed by atoms with Crippen molar-refractivity contribution in [2.45, 2.75) is 46.1 Å². The van der Waals surface area contributed by atoms with Crippen LogP contribution in [-0.2, 0) is 6.42 Å². The second-order valence-corrected chi connectivity index (χ2v) is 7.59. The van der Waals surface area contributed by atoms with Crippen molar-refractivity contribution in [2.24, 2.45) is 0 Å². The van der Waals surface area contributed by atoms with Gasteiger partial charge in [0.1, 0.15) is 17.1 Å². The number of carbonyl (C=O) groups excluding carboxylic acids is 2. The van der Waals surface area contributed by atoms with Crippen LogP contribution in [0.5, 0.6) is 5.75 Å². The summed E-state index contributed by atoms with van der Waals surface area (Å²) in [4.78, 5) is 26.7. The predicted octanol–water partition coefficient (Wildman–Crippen LogP) is 5.15. The average molecular weight is 387 g/mol. The second kappa shape index (κ2) is 7.21. The van der Waals surface area contributed by atoms with E-state index in [1.54, 1.807) is 24.3 Å². The maximum Gasteiger partial charge on any atom is 0.202 e. The molecule has 0 N–H and O–H groups in total. The van der Waals surface area contributed by atoms with Crippen molar-refractivity contribution in [1.82, 2.24) is 0 Å². The number of furan rings is 1. The van der Waals surface area contributed by atoms with Gasteiger partial charge in [-0.1, -0.05) is 12.1 Å². The number of nitriles is 1. The van der Waals surface area contributed by atoms with Gasteiger partial charge in [-0.05, 0) is 51.0 Å². The molecule has 3 aromatic rings. The third-order valence-electron chi connectivity index (χ3n) is 5.11. The van der Waals surface area contributed by atoms with Crippen LogP contribution in [0.2, 0.25) is 0 Å². The number of benzene rings is 2. The first-order valence-electron chi connectivity index (χ1n) is 9.74. The van der Waals surface area contributed by atoms with Gasteiger partial charge in [0.15, 0.2) is 5.78 Å². The SMILES string of the molecule is Cc1cc2c(c3oc(CCCC#N)cc13)C(=O)c1c(OC(C)C)cccc1C2=O. The topological polar surface area (TPSA) is 80.3 Å². The zero-order chi connectivity index (χ0) is 20.7. The molecule has 0 saturated heterocycles. The van der Waals surface area contributed by atoms with Crippen molar-refractivity contribution < 1.29 is 18.7 Å². The molecule has 0 saturated carbocycles. The molecule has 0 atom stereocenters. The van der Waals surface area contributed by atoms with Crippen LogP contribution >= 0.6 is 0 Å². The molecule has 1 aromatic heterocycles. The number of nitrogens with zero attached hydrogens (tertiary/aromatic N) is 1. The van der Waals surface area contributed by atoms with Crippen LogP contribution in [0.3, 0.4) is 0 Å². The van der Waals surface area contributed by atoms with E-state index < -0.39 is 0 Å². The predicted molar refractivity (Wildman–Crippen MR) is 109 cm³/mol. The van der Waals surface area contributed by atoms with E-state index in [2.05, 4.69) is 6.07 Å². The summed E-state index contributed by atoms with van der Waals surface area (Å²) in [6.07, 6.45) is 1.60. The molecule has 2 aromatic carbocycles. The highest BCUT2D eigenvalue weighted by Gasteiger charge is 2.35. The van der Waals surface area contributed by atoms with Gasteiger partial charge in [-0.2, -0.15) is 5.26 Å². The number of ketones is 2. The summed E-state index contributed by atoms with van der Waals surface area (Å²) in [7, 11) is 0. The summed E-state index contributed by atoms with van der Waals surface area (Å²) in [5.74, 6) is 0.672. The third kappa shape index (κ3) is 3.11. The number of rotatable bonds is 5. The van der Waals surface area contributed by atoms with Crippen LogP contribution in [0.4, 0.5) is 0 Å². The van der Waals surface area contributed by atoms with E-state index in [1.165, 1.54) is 0 Å². The minimum absolute atomic E-state index is 0.126. The van der Waals surface area contributed by atoms with Crippen LogP contribution in [0.25, 0.3) is 11.0 Å². The van der Waals surface area contributed by atoms with E-state index in [-0.39, 0.29) is 17.7 Å². The molecule has 0 unspecified atom stereocenters. The lowest BCUT2D eigenvalue weighted by molar-refractivity contribution is 0.0974. The van der Waals surface area contributed by atoms with Crippen molar-refractivity contribution in [3.05, 3.63) is 63.9 Å². The number of carbonyl (C=O) groups is 2. The lowest BCUT2D eigenvalue weighted by atomic mass is 9.82. The van der Waals surface area contributed by atoms with Crippen LogP contribution in [0.15, 0.2) is 34.7 Å². The Balaban J connectivity index is 1.90. The van der Waals surface area contributed by atoms with Crippen molar-refractivity contribution in [3.8, 4) is 11.8 Å². The van der Waals surface area contributed by atoms with Gasteiger partial charge in [-0.25, -0.2) is 0 Å². The van der Waals surface area contributed by atoms with Crippen molar-refractivity contribution >= 4 is 22.5 Å². The summed E-state index contributed by atoms with van der Waals surface area (Å²) in [5, 5.41) is 9.58. The minimum atomic E-state index is -0.256. The Morgan fingerprint density at radius 2 is 1.90 bits per heavy atom. The molecule has 146 valence electrons. The number of ether oxygens (including phenoxy) is 1. The highest BCUT2D eigenvalue weighted by Crippen LogP contribution is 2.39. The molecule has 1 heterocycles. The van der Waals surface area contributed by atoms with E-state index >= 15 is 0 Å². The fourth-order valence-electron chi connectivity index (χ4n) is 3.86.